The van der Waals surface area contributed by atoms with E-state index in [1.807, 2.05) is 32.0 Å². The van der Waals surface area contributed by atoms with E-state index in [1.165, 1.54) is 11.8 Å². The second-order valence-corrected chi connectivity index (χ2v) is 8.60. The number of carbonyl (C=O) groups is 1. The van der Waals surface area contributed by atoms with Crippen LogP contribution in [0.25, 0.3) is 16.6 Å². The Labute approximate surface area is 183 Å². The van der Waals surface area contributed by atoms with Crippen molar-refractivity contribution in [3.63, 3.8) is 0 Å². The van der Waals surface area contributed by atoms with Gasteiger partial charge in [0.15, 0.2) is 5.16 Å². The van der Waals surface area contributed by atoms with Gasteiger partial charge in [-0.15, -0.1) is 0 Å². The molecule has 1 atom stereocenters. The quantitative estimate of drug-likeness (QED) is 0.454. The number of hydrogen-bond acceptors (Lipinski definition) is 5. The van der Waals surface area contributed by atoms with Crippen LogP contribution in [-0.4, -0.2) is 51.9 Å². The maximum atomic E-state index is 13.4. The van der Waals surface area contributed by atoms with Gasteiger partial charge in [-0.1, -0.05) is 41.6 Å². The molecule has 3 aromatic rings. The number of morpholine rings is 1. The summed E-state index contributed by atoms with van der Waals surface area (Å²) in [5.41, 5.74) is 1.88. The summed E-state index contributed by atoms with van der Waals surface area (Å²) in [7, 11) is 0. The first-order chi connectivity index (χ1) is 14.5. The Bertz CT molecular complexity index is 1160. The zero-order chi connectivity index (χ0) is 21.3. The lowest BCUT2D eigenvalue weighted by molar-refractivity contribution is -0.135. The van der Waals surface area contributed by atoms with Gasteiger partial charge >= 0.3 is 0 Å². The summed E-state index contributed by atoms with van der Waals surface area (Å²) in [4.78, 5) is 32.6. The van der Waals surface area contributed by atoms with E-state index in [1.54, 1.807) is 33.7 Å². The third-order valence-corrected chi connectivity index (χ3v) is 6.48. The first kappa shape index (κ1) is 20.9. The molecule has 30 heavy (non-hydrogen) atoms. The van der Waals surface area contributed by atoms with Gasteiger partial charge in [0.2, 0.25) is 5.91 Å². The average molecular weight is 444 g/mol. The largest absolute Gasteiger partial charge is 0.375 e. The Kier molecular flexibility index (Phi) is 6.13. The summed E-state index contributed by atoms with van der Waals surface area (Å²) in [5.74, 6) is 0.198. The van der Waals surface area contributed by atoms with Gasteiger partial charge in [-0.3, -0.25) is 14.2 Å². The molecular weight excluding hydrogens is 422 g/mol. The van der Waals surface area contributed by atoms with Crippen LogP contribution in [0, 0.1) is 6.92 Å². The van der Waals surface area contributed by atoms with Crippen molar-refractivity contribution in [1.29, 1.82) is 0 Å². The number of rotatable bonds is 4. The number of nitrogens with zero attached hydrogens (tertiary/aromatic N) is 3. The molecule has 1 amide bonds. The van der Waals surface area contributed by atoms with E-state index in [2.05, 4.69) is 0 Å². The molecule has 1 aromatic heterocycles. The predicted molar refractivity (Wildman–Crippen MR) is 120 cm³/mol. The molecular formula is C22H22ClN3O3S. The van der Waals surface area contributed by atoms with Gasteiger partial charge in [0.25, 0.3) is 5.56 Å². The second-order valence-electron chi connectivity index (χ2n) is 7.25. The minimum absolute atomic E-state index is 0.00641. The number of carbonyl (C=O) groups excluding carboxylic acids is 1. The van der Waals surface area contributed by atoms with E-state index in [0.29, 0.717) is 46.5 Å². The molecule has 1 fully saturated rings. The van der Waals surface area contributed by atoms with Crippen molar-refractivity contribution >= 4 is 40.2 Å². The molecule has 1 aliphatic heterocycles. The first-order valence-corrected chi connectivity index (χ1v) is 11.1. The molecule has 1 saturated heterocycles. The highest BCUT2D eigenvalue weighted by Gasteiger charge is 2.23. The van der Waals surface area contributed by atoms with E-state index in [0.717, 1.165) is 5.56 Å². The number of ether oxygens (including phenoxy) is 1. The van der Waals surface area contributed by atoms with Crippen LogP contribution in [0.3, 0.4) is 0 Å². The van der Waals surface area contributed by atoms with Crippen molar-refractivity contribution in [3.05, 3.63) is 63.4 Å². The highest BCUT2D eigenvalue weighted by molar-refractivity contribution is 7.99. The Morgan fingerprint density at radius 2 is 2.07 bits per heavy atom. The highest BCUT2D eigenvalue weighted by Crippen LogP contribution is 2.26. The Morgan fingerprint density at radius 1 is 1.27 bits per heavy atom. The Morgan fingerprint density at radius 3 is 2.87 bits per heavy atom. The predicted octanol–water partition coefficient (Wildman–Crippen LogP) is 3.69. The molecule has 0 bridgehead atoms. The molecule has 2 aromatic carbocycles. The third kappa shape index (κ3) is 4.10. The van der Waals surface area contributed by atoms with E-state index in [9.17, 15) is 9.59 Å². The maximum Gasteiger partial charge on any atom is 0.266 e. The van der Waals surface area contributed by atoms with Crippen molar-refractivity contribution in [2.75, 3.05) is 25.4 Å². The summed E-state index contributed by atoms with van der Waals surface area (Å²) in [6, 6.07) is 12.7. The fourth-order valence-electron chi connectivity index (χ4n) is 3.52. The topological polar surface area (TPSA) is 64.4 Å². The summed E-state index contributed by atoms with van der Waals surface area (Å²) < 4.78 is 7.07. The van der Waals surface area contributed by atoms with Crippen LogP contribution in [0.15, 0.2) is 52.4 Å². The molecule has 0 N–H and O–H groups in total. The van der Waals surface area contributed by atoms with Crippen molar-refractivity contribution in [2.45, 2.75) is 25.1 Å². The minimum Gasteiger partial charge on any atom is -0.375 e. The monoisotopic (exact) mass is 443 g/mol. The molecule has 0 aliphatic carbocycles. The van der Waals surface area contributed by atoms with Gasteiger partial charge < -0.3 is 9.64 Å². The molecule has 8 heteroatoms. The number of amides is 1. The van der Waals surface area contributed by atoms with Crippen LogP contribution in [0.4, 0.5) is 0 Å². The van der Waals surface area contributed by atoms with Gasteiger partial charge in [-0.2, -0.15) is 0 Å². The standard InChI is InChI=1S/C22H22ClN3O3S/c1-14-12-25(10-11-29-14)20(27)13-30-22-24-18-8-4-3-6-16(18)21(28)26(22)19-9-5-7-17(23)15(19)2/h3-9,14H,10-13H2,1-2H3. The normalized spacial score (nSPS) is 16.8. The SMILES string of the molecule is Cc1c(Cl)cccc1-n1c(SCC(=O)N2CCOC(C)C2)nc2ccccc2c1=O. The molecule has 0 saturated carbocycles. The van der Waals surface area contributed by atoms with Crippen LogP contribution in [0.1, 0.15) is 12.5 Å². The van der Waals surface area contributed by atoms with Gasteiger partial charge in [0.05, 0.1) is 35.1 Å². The molecule has 0 spiro atoms. The number of aromatic nitrogens is 2. The zero-order valence-electron chi connectivity index (χ0n) is 16.8. The summed E-state index contributed by atoms with van der Waals surface area (Å²) in [6.45, 7) is 5.52. The molecule has 1 unspecified atom stereocenters. The number of para-hydroxylation sites is 1. The van der Waals surface area contributed by atoms with Crippen molar-refractivity contribution in [3.8, 4) is 5.69 Å². The van der Waals surface area contributed by atoms with E-state index >= 15 is 0 Å². The van der Waals surface area contributed by atoms with E-state index in [-0.39, 0.29) is 23.3 Å². The molecule has 4 rings (SSSR count). The van der Waals surface area contributed by atoms with Gasteiger partial charge in [-0.25, -0.2) is 4.98 Å². The second kappa shape index (κ2) is 8.79. The van der Waals surface area contributed by atoms with E-state index < -0.39 is 0 Å². The lowest BCUT2D eigenvalue weighted by atomic mass is 10.2. The summed E-state index contributed by atoms with van der Waals surface area (Å²) >= 11 is 7.58. The first-order valence-electron chi connectivity index (χ1n) is 9.75. The number of fused-ring (bicyclic) bond motifs is 1. The molecule has 2 heterocycles. The molecule has 156 valence electrons. The molecule has 0 radical (unpaired) electrons. The Hall–Kier alpha value is -2.35. The number of hydrogen-bond donors (Lipinski definition) is 0. The van der Waals surface area contributed by atoms with Crippen molar-refractivity contribution in [1.82, 2.24) is 14.5 Å². The van der Waals surface area contributed by atoms with Crippen molar-refractivity contribution in [2.24, 2.45) is 0 Å². The van der Waals surface area contributed by atoms with Crippen LogP contribution in [-0.2, 0) is 9.53 Å². The van der Waals surface area contributed by atoms with Gasteiger partial charge in [0.1, 0.15) is 0 Å². The molecule has 1 aliphatic rings. The molecule has 6 nitrogen and oxygen atoms in total. The number of thioether (sulfide) groups is 1. The third-order valence-electron chi connectivity index (χ3n) is 5.14. The van der Waals surface area contributed by atoms with Crippen LogP contribution in [0.2, 0.25) is 5.02 Å². The van der Waals surface area contributed by atoms with Gasteiger partial charge in [-0.05, 0) is 43.7 Å². The number of benzene rings is 2. The lowest BCUT2D eigenvalue weighted by Crippen LogP contribution is -2.45. The summed E-state index contributed by atoms with van der Waals surface area (Å²) in [6.07, 6.45) is 0.0267. The zero-order valence-corrected chi connectivity index (χ0v) is 18.4. The fraction of sp³-hybridized carbons (Fsp3) is 0.318. The summed E-state index contributed by atoms with van der Waals surface area (Å²) in [5, 5.41) is 1.56. The smallest absolute Gasteiger partial charge is 0.266 e. The Balaban J connectivity index is 1.74. The fourth-order valence-corrected chi connectivity index (χ4v) is 4.60. The highest BCUT2D eigenvalue weighted by atomic mass is 35.5. The van der Waals surface area contributed by atoms with E-state index in [4.69, 9.17) is 21.3 Å². The lowest BCUT2D eigenvalue weighted by Gasteiger charge is -2.31. The van der Waals surface area contributed by atoms with Crippen LogP contribution in [0.5, 0.6) is 0 Å². The van der Waals surface area contributed by atoms with Crippen LogP contribution < -0.4 is 5.56 Å². The van der Waals surface area contributed by atoms with Crippen LogP contribution >= 0.6 is 23.4 Å². The van der Waals surface area contributed by atoms with Gasteiger partial charge in [0, 0.05) is 18.1 Å². The van der Waals surface area contributed by atoms with Crippen molar-refractivity contribution < 1.29 is 9.53 Å². The minimum atomic E-state index is -0.180. The maximum absolute atomic E-state index is 13.4. The number of halogens is 1. The average Bonchev–Trinajstić information content (AvgIpc) is 2.74.